The van der Waals surface area contributed by atoms with Crippen molar-refractivity contribution < 1.29 is 4.79 Å². The Hall–Kier alpha value is -2.13. The highest BCUT2D eigenvalue weighted by Gasteiger charge is 2.20. The molecule has 1 amide bonds. The molecule has 0 aromatic heterocycles. The van der Waals surface area contributed by atoms with Gasteiger partial charge in [-0.05, 0) is 24.5 Å². The molecule has 3 nitrogen and oxygen atoms in total. The zero-order chi connectivity index (χ0) is 14.5. The molecule has 0 atom stereocenters. The average Bonchev–Trinajstić information content (AvgIpc) is 3.33. The van der Waals surface area contributed by atoms with Crippen LogP contribution >= 0.6 is 0 Å². The monoisotopic (exact) mass is 280 g/mol. The number of anilines is 1. The third-order valence-corrected chi connectivity index (χ3v) is 3.65. The number of hydrogen-bond donors (Lipinski definition) is 2. The van der Waals surface area contributed by atoms with E-state index in [0.717, 1.165) is 23.4 Å². The Morgan fingerprint density at radius 2 is 1.71 bits per heavy atom. The largest absolute Gasteiger partial charge is 0.325 e. The van der Waals surface area contributed by atoms with Crippen LogP contribution in [-0.2, 0) is 4.79 Å². The highest BCUT2D eigenvalue weighted by molar-refractivity contribution is 5.95. The Labute approximate surface area is 125 Å². The summed E-state index contributed by atoms with van der Waals surface area (Å²) in [6.45, 7) is 0.754. The Balaban J connectivity index is 1.65. The van der Waals surface area contributed by atoms with Crippen LogP contribution in [0.15, 0.2) is 54.6 Å². The normalized spacial score (nSPS) is 13.9. The SMILES string of the molecule is O=C(CCNC1CC1)Nc1ccccc1-c1ccccc1. The number of amides is 1. The molecular formula is C18H20N2O. The molecule has 1 aliphatic rings. The van der Waals surface area contributed by atoms with Gasteiger partial charge in [0.1, 0.15) is 0 Å². The molecule has 0 aliphatic heterocycles. The van der Waals surface area contributed by atoms with E-state index >= 15 is 0 Å². The lowest BCUT2D eigenvalue weighted by atomic mass is 10.0. The van der Waals surface area contributed by atoms with E-state index in [9.17, 15) is 4.79 Å². The van der Waals surface area contributed by atoms with Crippen LogP contribution in [0.25, 0.3) is 11.1 Å². The second kappa shape index (κ2) is 6.55. The van der Waals surface area contributed by atoms with Gasteiger partial charge in [-0.1, -0.05) is 48.5 Å². The van der Waals surface area contributed by atoms with Crippen molar-refractivity contribution in [2.45, 2.75) is 25.3 Å². The van der Waals surface area contributed by atoms with Crippen molar-refractivity contribution in [3.05, 3.63) is 54.6 Å². The number of carbonyl (C=O) groups excluding carboxylic acids is 1. The molecule has 1 aliphatic carbocycles. The van der Waals surface area contributed by atoms with E-state index in [2.05, 4.69) is 22.8 Å². The van der Waals surface area contributed by atoms with Crippen LogP contribution in [0.2, 0.25) is 0 Å². The molecule has 2 aromatic rings. The maximum Gasteiger partial charge on any atom is 0.225 e. The van der Waals surface area contributed by atoms with E-state index in [0.29, 0.717) is 12.5 Å². The Kier molecular flexibility index (Phi) is 4.31. The minimum Gasteiger partial charge on any atom is -0.325 e. The van der Waals surface area contributed by atoms with Gasteiger partial charge in [-0.25, -0.2) is 0 Å². The van der Waals surface area contributed by atoms with Crippen LogP contribution < -0.4 is 10.6 Å². The van der Waals surface area contributed by atoms with E-state index in [1.807, 2.05) is 42.5 Å². The Bertz CT molecular complexity index is 606. The van der Waals surface area contributed by atoms with Crippen molar-refractivity contribution in [2.24, 2.45) is 0 Å². The zero-order valence-electron chi connectivity index (χ0n) is 12.0. The minimum atomic E-state index is 0.0616. The summed E-state index contributed by atoms with van der Waals surface area (Å²) in [4.78, 5) is 12.0. The predicted octanol–water partition coefficient (Wildman–Crippen LogP) is 3.43. The highest BCUT2D eigenvalue weighted by Crippen LogP contribution is 2.27. The van der Waals surface area contributed by atoms with Gasteiger partial charge < -0.3 is 10.6 Å². The fourth-order valence-corrected chi connectivity index (χ4v) is 2.35. The minimum absolute atomic E-state index is 0.0616. The molecule has 0 bridgehead atoms. The second-order valence-corrected chi connectivity index (χ2v) is 5.44. The van der Waals surface area contributed by atoms with Gasteiger partial charge in [-0.2, -0.15) is 0 Å². The predicted molar refractivity (Wildman–Crippen MR) is 86.1 cm³/mol. The van der Waals surface area contributed by atoms with Gasteiger partial charge >= 0.3 is 0 Å². The Morgan fingerprint density at radius 3 is 2.48 bits per heavy atom. The molecule has 0 saturated heterocycles. The molecule has 0 spiro atoms. The number of benzene rings is 2. The van der Waals surface area contributed by atoms with Crippen LogP contribution in [0.5, 0.6) is 0 Å². The summed E-state index contributed by atoms with van der Waals surface area (Å²) >= 11 is 0. The molecule has 2 aromatic carbocycles. The van der Waals surface area contributed by atoms with Crippen molar-refractivity contribution in [3.8, 4) is 11.1 Å². The molecule has 1 saturated carbocycles. The van der Waals surface area contributed by atoms with E-state index < -0.39 is 0 Å². The molecule has 108 valence electrons. The summed E-state index contributed by atoms with van der Waals surface area (Å²) in [5.41, 5.74) is 3.05. The quantitative estimate of drug-likeness (QED) is 0.851. The maximum atomic E-state index is 12.0. The number of rotatable bonds is 6. The first-order valence-corrected chi connectivity index (χ1v) is 7.50. The van der Waals surface area contributed by atoms with Gasteiger partial charge in [-0.3, -0.25) is 4.79 Å². The standard InChI is InChI=1S/C18H20N2O/c21-18(12-13-19-15-10-11-15)20-17-9-5-4-8-16(17)14-6-2-1-3-7-14/h1-9,15,19H,10-13H2,(H,20,21). The lowest BCUT2D eigenvalue weighted by Gasteiger charge is -2.11. The fourth-order valence-electron chi connectivity index (χ4n) is 2.35. The van der Waals surface area contributed by atoms with E-state index in [-0.39, 0.29) is 5.91 Å². The van der Waals surface area contributed by atoms with Crippen molar-refractivity contribution in [1.29, 1.82) is 0 Å². The molecular weight excluding hydrogens is 260 g/mol. The molecule has 21 heavy (non-hydrogen) atoms. The van der Waals surface area contributed by atoms with E-state index in [4.69, 9.17) is 0 Å². The van der Waals surface area contributed by atoms with Crippen molar-refractivity contribution in [1.82, 2.24) is 5.32 Å². The lowest BCUT2D eigenvalue weighted by Crippen LogP contribution is -2.23. The average molecular weight is 280 g/mol. The first-order chi connectivity index (χ1) is 10.3. The smallest absolute Gasteiger partial charge is 0.225 e. The van der Waals surface area contributed by atoms with Gasteiger partial charge in [-0.15, -0.1) is 0 Å². The van der Waals surface area contributed by atoms with Crippen LogP contribution in [0, 0.1) is 0 Å². The number of carbonyl (C=O) groups is 1. The number of para-hydroxylation sites is 1. The van der Waals surface area contributed by atoms with Gasteiger partial charge in [0.15, 0.2) is 0 Å². The van der Waals surface area contributed by atoms with Crippen molar-refractivity contribution >= 4 is 11.6 Å². The van der Waals surface area contributed by atoms with Gasteiger partial charge in [0.2, 0.25) is 5.91 Å². The maximum absolute atomic E-state index is 12.0. The molecule has 3 rings (SSSR count). The summed E-state index contributed by atoms with van der Waals surface area (Å²) in [5.74, 6) is 0.0616. The molecule has 0 heterocycles. The molecule has 1 fully saturated rings. The third-order valence-electron chi connectivity index (χ3n) is 3.65. The number of hydrogen-bond acceptors (Lipinski definition) is 2. The highest BCUT2D eigenvalue weighted by atomic mass is 16.1. The zero-order valence-corrected chi connectivity index (χ0v) is 12.0. The summed E-state index contributed by atoms with van der Waals surface area (Å²) in [5, 5.41) is 6.38. The van der Waals surface area contributed by atoms with Gasteiger partial charge in [0, 0.05) is 30.3 Å². The number of nitrogens with one attached hydrogen (secondary N) is 2. The molecule has 0 radical (unpaired) electrons. The first kappa shape index (κ1) is 13.8. The third kappa shape index (κ3) is 3.92. The van der Waals surface area contributed by atoms with Crippen LogP contribution in [0.3, 0.4) is 0 Å². The summed E-state index contributed by atoms with van der Waals surface area (Å²) in [6, 6.07) is 18.7. The van der Waals surface area contributed by atoms with Crippen LogP contribution in [-0.4, -0.2) is 18.5 Å². The molecule has 3 heteroatoms. The van der Waals surface area contributed by atoms with E-state index in [1.165, 1.54) is 12.8 Å². The van der Waals surface area contributed by atoms with Gasteiger partial charge in [0.25, 0.3) is 0 Å². The van der Waals surface area contributed by atoms with E-state index in [1.54, 1.807) is 0 Å². The van der Waals surface area contributed by atoms with Gasteiger partial charge in [0.05, 0.1) is 0 Å². The molecule has 2 N–H and O–H groups in total. The fraction of sp³-hybridized carbons (Fsp3) is 0.278. The summed E-state index contributed by atoms with van der Waals surface area (Å²) < 4.78 is 0. The Morgan fingerprint density at radius 1 is 1.00 bits per heavy atom. The lowest BCUT2D eigenvalue weighted by molar-refractivity contribution is -0.116. The van der Waals surface area contributed by atoms with Crippen molar-refractivity contribution in [3.63, 3.8) is 0 Å². The van der Waals surface area contributed by atoms with Crippen LogP contribution in [0.4, 0.5) is 5.69 Å². The summed E-state index contributed by atoms with van der Waals surface area (Å²) in [7, 11) is 0. The summed E-state index contributed by atoms with van der Waals surface area (Å²) in [6.07, 6.45) is 3.01. The topological polar surface area (TPSA) is 41.1 Å². The second-order valence-electron chi connectivity index (χ2n) is 5.44. The molecule has 0 unspecified atom stereocenters. The first-order valence-electron chi connectivity index (χ1n) is 7.50. The van der Waals surface area contributed by atoms with Crippen LogP contribution in [0.1, 0.15) is 19.3 Å². The van der Waals surface area contributed by atoms with Crippen molar-refractivity contribution in [2.75, 3.05) is 11.9 Å².